The molecule has 0 aromatic rings. The van der Waals surface area contributed by atoms with Crippen LogP contribution in [0.2, 0.25) is 0 Å². The first-order valence-electron chi connectivity index (χ1n) is 5.50. The molecule has 1 heterocycles. The van der Waals surface area contributed by atoms with Gasteiger partial charge in [-0.05, 0) is 18.8 Å². The van der Waals surface area contributed by atoms with E-state index in [0.29, 0.717) is 0 Å². The van der Waals surface area contributed by atoms with Gasteiger partial charge in [0.15, 0.2) is 0 Å². The van der Waals surface area contributed by atoms with Gasteiger partial charge in [-0.25, -0.2) is 0 Å². The van der Waals surface area contributed by atoms with Gasteiger partial charge in [0.05, 0.1) is 18.2 Å². The van der Waals surface area contributed by atoms with Crippen molar-refractivity contribution in [1.29, 1.82) is 0 Å². The molecule has 0 radical (unpaired) electrons. The van der Waals surface area contributed by atoms with E-state index in [0.717, 1.165) is 13.0 Å². The largest absolute Gasteiger partial charge is 0.376 e. The minimum Gasteiger partial charge on any atom is -0.376 e. The molecule has 1 saturated heterocycles. The highest BCUT2D eigenvalue weighted by Crippen LogP contribution is 2.19. The first-order valence-corrected chi connectivity index (χ1v) is 5.50. The normalized spacial score (nSPS) is 28.9. The molecule has 4 nitrogen and oxygen atoms in total. The van der Waals surface area contributed by atoms with Crippen molar-refractivity contribution in [2.24, 2.45) is 11.1 Å². The Labute approximate surface area is 91.5 Å². The molecule has 4 heteroatoms. The zero-order chi connectivity index (χ0) is 11.6. The predicted molar refractivity (Wildman–Crippen MR) is 59.4 cm³/mol. The maximum atomic E-state index is 11.8. The van der Waals surface area contributed by atoms with Gasteiger partial charge in [0.2, 0.25) is 5.91 Å². The minimum atomic E-state index is -0.467. The Hall–Kier alpha value is -0.610. The van der Waals surface area contributed by atoms with E-state index in [9.17, 15) is 4.79 Å². The molecule has 3 N–H and O–H groups in total. The molecule has 0 aromatic heterocycles. The van der Waals surface area contributed by atoms with Crippen molar-refractivity contribution in [3.63, 3.8) is 0 Å². The average Bonchev–Trinajstić information content (AvgIpc) is 2.49. The summed E-state index contributed by atoms with van der Waals surface area (Å²) in [5.41, 5.74) is 5.66. The van der Waals surface area contributed by atoms with Crippen LogP contribution in [0.5, 0.6) is 0 Å². The van der Waals surface area contributed by atoms with Gasteiger partial charge in [-0.2, -0.15) is 0 Å². The Morgan fingerprint density at radius 2 is 2.13 bits per heavy atom. The number of hydrogen-bond acceptors (Lipinski definition) is 3. The van der Waals surface area contributed by atoms with Crippen LogP contribution in [0.4, 0.5) is 0 Å². The van der Waals surface area contributed by atoms with E-state index in [-0.39, 0.29) is 23.5 Å². The quantitative estimate of drug-likeness (QED) is 0.709. The van der Waals surface area contributed by atoms with Gasteiger partial charge in [-0.1, -0.05) is 20.8 Å². The molecule has 0 spiro atoms. The Balaban J connectivity index is 2.48. The molecule has 88 valence electrons. The lowest BCUT2D eigenvalue weighted by molar-refractivity contribution is -0.125. The molecule has 1 aliphatic rings. The molecule has 0 bridgehead atoms. The highest BCUT2D eigenvalue weighted by atomic mass is 16.5. The number of nitrogens with two attached hydrogens (primary N) is 1. The van der Waals surface area contributed by atoms with Crippen LogP contribution >= 0.6 is 0 Å². The lowest BCUT2D eigenvalue weighted by Crippen LogP contribution is -2.52. The van der Waals surface area contributed by atoms with Crippen molar-refractivity contribution in [2.45, 2.75) is 52.3 Å². The van der Waals surface area contributed by atoms with Crippen molar-refractivity contribution < 1.29 is 9.53 Å². The molecular weight excluding hydrogens is 192 g/mol. The van der Waals surface area contributed by atoms with Gasteiger partial charge in [0.25, 0.3) is 0 Å². The van der Waals surface area contributed by atoms with E-state index >= 15 is 0 Å². The third-order valence-electron chi connectivity index (χ3n) is 2.92. The maximum Gasteiger partial charge on any atom is 0.237 e. The van der Waals surface area contributed by atoms with Crippen molar-refractivity contribution in [1.82, 2.24) is 5.32 Å². The average molecular weight is 214 g/mol. The summed E-state index contributed by atoms with van der Waals surface area (Å²) in [5.74, 6) is -0.0788. The molecule has 1 fully saturated rings. The van der Waals surface area contributed by atoms with Gasteiger partial charge in [-0.3, -0.25) is 4.79 Å². The van der Waals surface area contributed by atoms with E-state index in [2.05, 4.69) is 5.32 Å². The highest BCUT2D eigenvalue weighted by molar-refractivity contribution is 5.82. The third-order valence-corrected chi connectivity index (χ3v) is 2.92. The first kappa shape index (κ1) is 12.5. The van der Waals surface area contributed by atoms with Gasteiger partial charge in [0, 0.05) is 6.61 Å². The fourth-order valence-electron chi connectivity index (χ4n) is 1.59. The van der Waals surface area contributed by atoms with E-state index in [1.807, 2.05) is 27.7 Å². The van der Waals surface area contributed by atoms with Crippen molar-refractivity contribution >= 4 is 5.91 Å². The summed E-state index contributed by atoms with van der Waals surface area (Å²) in [6.07, 6.45) is 0.977. The Kier molecular flexibility index (Phi) is 3.73. The molecular formula is C11H22N2O2. The van der Waals surface area contributed by atoms with Gasteiger partial charge >= 0.3 is 0 Å². The van der Waals surface area contributed by atoms with Crippen LogP contribution in [0.15, 0.2) is 0 Å². The van der Waals surface area contributed by atoms with E-state index in [1.54, 1.807) is 0 Å². The standard InChI is InChI=1S/C11H22N2O2/c1-7-8(5-6-15-7)13-10(14)9(12)11(2,3)4/h7-9H,5-6,12H2,1-4H3,(H,13,14)/t7?,8?,9-/m0/s1. The number of rotatable bonds is 2. The lowest BCUT2D eigenvalue weighted by atomic mass is 9.86. The van der Waals surface area contributed by atoms with Crippen molar-refractivity contribution in [3.05, 3.63) is 0 Å². The van der Waals surface area contributed by atoms with Crippen molar-refractivity contribution in [3.8, 4) is 0 Å². The molecule has 3 atom stereocenters. The summed E-state index contributed by atoms with van der Waals surface area (Å²) in [5, 5.41) is 2.95. The zero-order valence-corrected chi connectivity index (χ0v) is 10.0. The number of hydrogen-bond donors (Lipinski definition) is 2. The summed E-state index contributed by atoms with van der Waals surface area (Å²) in [4.78, 5) is 11.8. The van der Waals surface area contributed by atoms with Gasteiger partial charge in [0.1, 0.15) is 0 Å². The number of nitrogens with one attached hydrogen (secondary N) is 1. The third kappa shape index (κ3) is 3.18. The summed E-state index contributed by atoms with van der Waals surface area (Å²) < 4.78 is 5.38. The first-order chi connectivity index (χ1) is 6.82. The fourth-order valence-corrected chi connectivity index (χ4v) is 1.59. The van der Waals surface area contributed by atoms with Crippen LogP contribution in [-0.4, -0.2) is 30.7 Å². The fraction of sp³-hybridized carbons (Fsp3) is 0.909. The van der Waals surface area contributed by atoms with E-state index in [1.165, 1.54) is 0 Å². The second-order valence-electron chi connectivity index (χ2n) is 5.32. The lowest BCUT2D eigenvalue weighted by Gasteiger charge is -2.27. The number of carbonyl (C=O) groups is 1. The smallest absolute Gasteiger partial charge is 0.237 e. The number of amides is 1. The monoisotopic (exact) mass is 214 g/mol. The molecule has 1 amide bonds. The second-order valence-corrected chi connectivity index (χ2v) is 5.32. The van der Waals surface area contributed by atoms with Crippen LogP contribution in [-0.2, 0) is 9.53 Å². The van der Waals surface area contributed by atoms with E-state index < -0.39 is 6.04 Å². The molecule has 0 aromatic carbocycles. The summed E-state index contributed by atoms with van der Waals surface area (Å²) in [6.45, 7) is 8.58. The van der Waals surface area contributed by atoms with Gasteiger partial charge in [-0.15, -0.1) is 0 Å². The number of carbonyl (C=O) groups excluding carboxylic acids is 1. The zero-order valence-electron chi connectivity index (χ0n) is 10.0. The second kappa shape index (κ2) is 4.49. The predicted octanol–water partition coefficient (Wildman–Crippen LogP) is 0.653. The van der Waals surface area contributed by atoms with Gasteiger partial charge < -0.3 is 15.8 Å². The minimum absolute atomic E-state index is 0.0788. The molecule has 0 aliphatic carbocycles. The van der Waals surface area contributed by atoms with Crippen LogP contribution in [0, 0.1) is 5.41 Å². The van der Waals surface area contributed by atoms with Crippen LogP contribution in [0.3, 0.4) is 0 Å². The Morgan fingerprint density at radius 3 is 2.53 bits per heavy atom. The summed E-state index contributed by atoms with van der Waals surface area (Å²) >= 11 is 0. The summed E-state index contributed by atoms with van der Waals surface area (Å²) in [7, 11) is 0. The topological polar surface area (TPSA) is 64.3 Å². The number of ether oxygens (including phenoxy) is 1. The van der Waals surface area contributed by atoms with Crippen molar-refractivity contribution in [2.75, 3.05) is 6.61 Å². The van der Waals surface area contributed by atoms with Crippen LogP contribution in [0.25, 0.3) is 0 Å². The molecule has 2 unspecified atom stereocenters. The maximum absolute atomic E-state index is 11.8. The molecule has 15 heavy (non-hydrogen) atoms. The molecule has 0 saturated carbocycles. The molecule has 1 rings (SSSR count). The highest BCUT2D eigenvalue weighted by Gasteiger charge is 2.32. The Morgan fingerprint density at radius 1 is 1.53 bits per heavy atom. The van der Waals surface area contributed by atoms with E-state index in [4.69, 9.17) is 10.5 Å². The molecule has 1 aliphatic heterocycles. The summed E-state index contributed by atoms with van der Waals surface area (Å²) in [6, 6.07) is -0.351. The van der Waals surface area contributed by atoms with Crippen LogP contribution in [0.1, 0.15) is 34.1 Å². The SMILES string of the molecule is CC1OCCC1NC(=O)[C@H](N)C(C)(C)C. The Bertz CT molecular complexity index is 235. The van der Waals surface area contributed by atoms with Crippen LogP contribution < -0.4 is 11.1 Å².